The van der Waals surface area contributed by atoms with Crippen molar-refractivity contribution in [1.29, 1.82) is 0 Å². The standard InChI is InChI=1S/C17H21ClN2S.C16H20ClN3S/c18-17-6-5-15(21-17)4-3-14-10-16(20-19-14)13-8-11-1-2-12(7-11)9-13;17-16-6-5-14(21-16)4-3-13-9-15(20-19-13)10-7-11-1-2-12(8-10)18-11/h5-6,10-13H,1-4,7-9H2,(H,19,20);5-6,9-12,18H,1-4,7-8H2,(H,19,20). The van der Waals surface area contributed by atoms with Gasteiger partial charge in [-0.15, -0.1) is 22.7 Å². The number of fused-ring (bicyclic) bond motifs is 4. The Labute approximate surface area is 267 Å². The van der Waals surface area contributed by atoms with Crippen LogP contribution in [0.4, 0.5) is 0 Å². The van der Waals surface area contributed by atoms with E-state index in [2.05, 4.69) is 50.0 Å². The number of nitrogens with zero attached hydrogens (tertiary/aromatic N) is 2. The Morgan fingerprint density at radius 3 is 1.60 bits per heavy atom. The number of aryl methyl sites for hydroxylation is 4. The van der Waals surface area contributed by atoms with Gasteiger partial charge in [0.2, 0.25) is 0 Å². The van der Waals surface area contributed by atoms with Crippen LogP contribution in [0.1, 0.15) is 102 Å². The molecule has 42 heavy (non-hydrogen) atoms. The minimum atomic E-state index is 0.643. The molecule has 4 bridgehead atoms. The summed E-state index contributed by atoms with van der Waals surface area (Å²) >= 11 is 15.3. The zero-order chi connectivity index (χ0) is 28.5. The first kappa shape index (κ1) is 29.1. The third-order valence-electron chi connectivity index (χ3n) is 10.0. The van der Waals surface area contributed by atoms with E-state index in [9.17, 15) is 0 Å². The molecule has 3 N–H and O–H groups in total. The third-order valence-corrected chi connectivity index (χ3v) is 12.6. The van der Waals surface area contributed by atoms with Gasteiger partial charge in [-0.2, -0.15) is 10.2 Å². The highest BCUT2D eigenvalue weighted by Crippen LogP contribution is 2.48. The van der Waals surface area contributed by atoms with Crippen molar-refractivity contribution in [3.05, 3.63) is 77.6 Å². The number of H-pyrrole nitrogens is 2. The number of nitrogens with one attached hydrogen (secondary N) is 3. The molecule has 0 spiro atoms. The van der Waals surface area contributed by atoms with E-state index in [1.807, 2.05) is 12.1 Å². The fraction of sp³-hybridized carbons (Fsp3) is 0.576. The number of aromatic amines is 2. The van der Waals surface area contributed by atoms with Crippen molar-refractivity contribution in [3.8, 4) is 0 Å². The predicted octanol–water partition coefficient (Wildman–Crippen LogP) is 9.11. The highest BCUT2D eigenvalue weighted by molar-refractivity contribution is 7.16. The zero-order valence-corrected chi connectivity index (χ0v) is 27.2. The van der Waals surface area contributed by atoms with E-state index in [4.69, 9.17) is 23.2 Å². The van der Waals surface area contributed by atoms with E-state index in [1.54, 1.807) is 22.7 Å². The van der Waals surface area contributed by atoms with Gasteiger partial charge in [0.15, 0.2) is 0 Å². The van der Waals surface area contributed by atoms with Crippen LogP contribution in [0, 0.1) is 11.8 Å². The quantitative estimate of drug-likeness (QED) is 0.180. The molecular weight excluding hydrogens is 601 g/mol. The summed E-state index contributed by atoms with van der Waals surface area (Å²) in [6.45, 7) is 0. The van der Waals surface area contributed by atoms with E-state index in [0.29, 0.717) is 11.8 Å². The second-order valence-corrected chi connectivity index (χ2v) is 16.7. The van der Waals surface area contributed by atoms with Gasteiger partial charge in [-0.1, -0.05) is 36.0 Å². The van der Waals surface area contributed by atoms with Crippen LogP contribution >= 0.6 is 45.9 Å². The number of hydrogen-bond acceptors (Lipinski definition) is 5. The predicted molar refractivity (Wildman–Crippen MR) is 175 cm³/mol. The SMILES string of the molecule is Clc1ccc(CCc2cc(C3CC4CCC(C3)N4)n[nH]2)s1.Clc1ccc(CCc2cc(C3CC4CCC(C4)C3)n[nH]2)s1. The molecule has 4 atom stereocenters. The van der Waals surface area contributed by atoms with E-state index in [1.165, 1.54) is 90.3 Å². The Morgan fingerprint density at radius 2 is 1.12 bits per heavy atom. The number of rotatable bonds is 8. The van der Waals surface area contributed by atoms with Crippen molar-refractivity contribution >= 4 is 45.9 Å². The van der Waals surface area contributed by atoms with Crippen LogP contribution in [-0.4, -0.2) is 32.5 Å². The number of halogens is 2. The van der Waals surface area contributed by atoms with Crippen LogP contribution in [0.3, 0.4) is 0 Å². The molecule has 4 aliphatic rings. The van der Waals surface area contributed by atoms with Crippen molar-refractivity contribution in [1.82, 2.24) is 25.7 Å². The summed E-state index contributed by atoms with van der Waals surface area (Å²) in [5, 5.41) is 19.4. The fourth-order valence-corrected chi connectivity index (χ4v) is 10.1. The molecule has 6 heterocycles. The highest BCUT2D eigenvalue weighted by atomic mass is 35.5. The summed E-state index contributed by atoms with van der Waals surface area (Å²) in [5.41, 5.74) is 5.10. The van der Waals surface area contributed by atoms with Crippen molar-refractivity contribution in [2.24, 2.45) is 11.8 Å². The van der Waals surface area contributed by atoms with Crippen LogP contribution in [0.5, 0.6) is 0 Å². The molecule has 9 heteroatoms. The number of thiophene rings is 2. The van der Waals surface area contributed by atoms with Crippen LogP contribution in [0.25, 0.3) is 0 Å². The lowest BCUT2D eigenvalue weighted by molar-refractivity contribution is 0.315. The molecule has 4 aromatic rings. The molecule has 2 aliphatic carbocycles. The van der Waals surface area contributed by atoms with Gasteiger partial charge < -0.3 is 5.32 Å². The maximum absolute atomic E-state index is 5.98. The second-order valence-electron chi connectivity index (χ2n) is 13.1. The summed E-state index contributed by atoms with van der Waals surface area (Å²) in [7, 11) is 0. The van der Waals surface area contributed by atoms with Gasteiger partial charge >= 0.3 is 0 Å². The summed E-state index contributed by atoms with van der Waals surface area (Å²) < 4.78 is 1.76. The first-order chi connectivity index (χ1) is 20.5. The smallest absolute Gasteiger partial charge is 0.0931 e. The van der Waals surface area contributed by atoms with E-state index < -0.39 is 0 Å². The van der Waals surface area contributed by atoms with Gasteiger partial charge in [-0.3, -0.25) is 10.2 Å². The molecule has 224 valence electrons. The molecule has 2 saturated heterocycles. The molecule has 0 radical (unpaired) electrons. The van der Waals surface area contributed by atoms with Crippen LogP contribution < -0.4 is 5.32 Å². The lowest BCUT2D eigenvalue weighted by Crippen LogP contribution is -2.37. The van der Waals surface area contributed by atoms with E-state index in [0.717, 1.165) is 58.3 Å². The zero-order valence-electron chi connectivity index (χ0n) is 24.1. The van der Waals surface area contributed by atoms with Crippen molar-refractivity contribution in [3.63, 3.8) is 0 Å². The van der Waals surface area contributed by atoms with Gasteiger partial charge in [0, 0.05) is 45.1 Å². The summed E-state index contributed by atoms with van der Waals surface area (Å²) in [4.78, 5) is 2.70. The minimum Gasteiger partial charge on any atom is -0.311 e. The van der Waals surface area contributed by atoms with Gasteiger partial charge in [0.1, 0.15) is 0 Å². The molecule has 5 nitrogen and oxygen atoms in total. The highest BCUT2D eigenvalue weighted by Gasteiger charge is 2.36. The third kappa shape index (κ3) is 7.18. The van der Waals surface area contributed by atoms with Crippen molar-refractivity contribution in [2.45, 2.75) is 107 Å². The van der Waals surface area contributed by atoms with Gasteiger partial charge in [0.25, 0.3) is 0 Å². The Kier molecular flexibility index (Phi) is 9.11. The fourth-order valence-electron chi connectivity index (χ4n) is 7.97. The average molecular weight is 643 g/mol. The molecule has 4 fully saturated rings. The Hall–Kier alpha value is -1.64. The molecule has 2 aliphatic heterocycles. The molecule has 0 aromatic carbocycles. The minimum absolute atomic E-state index is 0.643. The van der Waals surface area contributed by atoms with Gasteiger partial charge in [-0.05, 0) is 119 Å². The topological polar surface area (TPSA) is 69.4 Å². The van der Waals surface area contributed by atoms with Crippen LogP contribution in [-0.2, 0) is 25.7 Å². The maximum atomic E-state index is 5.98. The lowest BCUT2D eigenvalue weighted by Gasteiger charge is -2.27. The van der Waals surface area contributed by atoms with Crippen LogP contribution in [0.15, 0.2) is 36.4 Å². The number of piperidine rings is 1. The second kappa shape index (κ2) is 13.2. The Morgan fingerprint density at radius 1 is 0.619 bits per heavy atom. The molecule has 2 saturated carbocycles. The van der Waals surface area contributed by atoms with Gasteiger partial charge in [0.05, 0.1) is 20.1 Å². The van der Waals surface area contributed by atoms with Crippen molar-refractivity contribution < 1.29 is 0 Å². The molecular formula is C33H41Cl2N5S2. The summed E-state index contributed by atoms with van der Waals surface area (Å²) in [6.07, 6.45) is 16.4. The first-order valence-corrected chi connectivity index (χ1v) is 18.2. The Balaban J connectivity index is 0.000000137. The van der Waals surface area contributed by atoms with Gasteiger partial charge in [-0.25, -0.2) is 0 Å². The monoisotopic (exact) mass is 641 g/mol. The van der Waals surface area contributed by atoms with E-state index in [-0.39, 0.29) is 0 Å². The number of aromatic nitrogens is 4. The maximum Gasteiger partial charge on any atom is 0.0931 e. The number of hydrogen-bond donors (Lipinski definition) is 3. The first-order valence-electron chi connectivity index (χ1n) is 15.8. The summed E-state index contributed by atoms with van der Waals surface area (Å²) in [6, 6.07) is 14.2. The molecule has 0 amide bonds. The summed E-state index contributed by atoms with van der Waals surface area (Å²) in [5.74, 6) is 3.30. The van der Waals surface area contributed by atoms with Crippen molar-refractivity contribution in [2.75, 3.05) is 0 Å². The van der Waals surface area contributed by atoms with E-state index >= 15 is 0 Å². The average Bonchev–Trinajstić information content (AvgIpc) is 3.84. The molecule has 4 unspecified atom stereocenters. The lowest BCUT2D eigenvalue weighted by atomic mass is 9.79. The van der Waals surface area contributed by atoms with Crippen LogP contribution in [0.2, 0.25) is 8.67 Å². The Bertz CT molecular complexity index is 1320. The largest absolute Gasteiger partial charge is 0.311 e. The molecule has 4 aromatic heterocycles. The normalized spacial score (nSPS) is 28.1. The molecule has 8 rings (SSSR count).